The number of carbonyl (C=O) groups is 1. The zero-order valence-electron chi connectivity index (χ0n) is 9.73. The van der Waals surface area contributed by atoms with Crippen molar-refractivity contribution in [2.45, 2.75) is 26.7 Å². The lowest BCUT2D eigenvalue weighted by Crippen LogP contribution is -2.29. The van der Waals surface area contributed by atoms with Crippen LogP contribution in [0, 0.1) is 5.92 Å². The van der Waals surface area contributed by atoms with Crippen molar-refractivity contribution in [3.63, 3.8) is 0 Å². The molecule has 0 aliphatic carbocycles. The van der Waals surface area contributed by atoms with E-state index in [1.54, 1.807) is 6.07 Å². The molecule has 0 unspecified atom stereocenters. The molecule has 0 bridgehead atoms. The molecule has 0 saturated heterocycles. The monoisotopic (exact) mass is 222 g/mol. The van der Waals surface area contributed by atoms with Gasteiger partial charge >= 0.3 is 0 Å². The predicted molar refractivity (Wildman–Crippen MR) is 62.3 cm³/mol. The molecular weight excluding hydrogens is 204 g/mol. The van der Waals surface area contributed by atoms with Crippen LogP contribution in [0.25, 0.3) is 0 Å². The van der Waals surface area contributed by atoms with Crippen molar-refractivity contribution >= 4 is 5.91 Å². The first-order valence-electron chi connectivity index (χ1n) is 5.61. The highest BCUT2D eigenvalue weighted by Crippen LogP contribution is 2.12. The summed E-state index contributed by atoms with van der Waals surface area (Å²) >= 11 is 0. The molecule has 0 aromatic carbocycles. The van der Waals surface area contributed by atoms with E-state index in [1.165, 1.54) is 12.3 Å². The van der Waals surface area contributed by atoms with Gasteiger partial charge in [0.05, 0.1) is 0 Å². The third-order valence-corrected chi connectivity index (χ3v) is 2.71. The summed E-state index contributed by atoms with van der Waals surface area (Å²) in [4.78, 5) is 15.5. The van der Waals surface area contributed by atoms with Crippen molar-refractivity contribution in [3.05, 3.63) is 24.0 Å². The molecule has 1 amide bonds. The Kier molecular flexibility index (Phi) is 4.76. The summed E-state index contributed by atoms with van der Waals surface area (Å²) in [5.74, 6) is 0.0874. The van der Waals surface area contributed by atoms with Gasteiger partial charge in [0.2, 0.25) is 0 Å². The van der Waals surface area contributed by atoms with E-state index in [1.807, 2.05) is 0 Å². The quantitative estimate of drug-likeness (QED) is 0.800. The van der Waals surface area contributed by atoms with Gasteiger partial charge in [-0.2, -0.15) is 0 Å². The molecule has 1 aromatic rings. The minimum Gasteiger partial charge on any atom is -0.505 e. The first kappa shape index (κ1) is 12.5. The minimum absolute atomic E-state index is 0.0791. The molecule has 2 N–H and O–H groups in total. The number of carbonyl (C=O) groups excluding carboxylic acids is 1. The number of hydrogen-bond donors (Lipinski definition) is 2. The van der Waals surface area contributed by atoms with Crippen molar-refractivity contribution < 1.29 is 9.90 Å². The van der Waals surface area contributed by atoms with E-state index in [0.717, 1.165) is 12.8 Å². The van der Waals surface area contributed by atoms with Crippen LogP contribution >= 0.6 is 0 Å². The second kappa shape index (κ2) is 6.10. The maximum absolute atomic E-state index is 11.7. The highest BCUT2D eigenvalue weighted by molar-refractivity contribution is 5.94. The van der Waals surface area contributed by atoms with E-state index in [-0.39, 0.29) is 17.4 Å². The number of aromatic hydroxyl groups is 1. The molecule has 4 nitrogen and oxygen atoms in total. The fourth-order valence-corrected chi connectivity index (χ4v) is 1.47. The van der Waals surface area contributed by atoms with Crippen LogP contribution in [-0.2, 0) is 0 Å². The summed E-state index contributed by atoms with van der Waals surface area (Å²) in [6.07, 6.45) is 3.56. The van der Waals surface area contributed by atoms with Crippen LogP contribution in [-0.4, -0.2) is 22.5 Å². The zero-order valence-corrected chi connectivity index (χ0v) is 9.73. The molecule has 0 aliphatic rings. The predicted octanol–water partition coefficient (Wildman–Crippen LogP) is 1.95. The summed E-state index contributed by atoms with van der Waals surface area (Å²) in [5, 5.41) is 12.2. The van der Waals surface area contributed by atoms with Crippen LogP contribution in [0.2, 0.25) is 0 Å². The van der Waals surface area contributed by atoms with Gasteiger partial charge < -0.3 is 10.4 Å². The van der Waals surface area contributed by atoms with Gasteiger partial charge in [-0.05, 0) is 18.1 Å². The Morgan fingerprint density at radius 1 is 1.50 bits per heavy atom. The van der Waals surface area contributed by atoms with Gasteiger partial charge in [0.1, 0.15) is 5.75 Å². The Bertz CT molecular complexity index is 349. The number of amides is 1. The van der Waals surface area contributed by atoms with E-state index in [4.69, 9.17) is 0 Å². The molecule has 1 rings (SSSR count). The summed E-state index contributed by atoms with van der Waals surface area (Å²) < 4.78 is 0. The fourth-order valence-electron chi connectivity index (χ4n) is 1.47. The summed E-state index contributed by atoms with van der Waals surface area (Å²) in [6.45, 7) is 4.82. The number of pyridine rings is 1. The Morgan fingerprint density at radius 2 is 2.19 bits per heavy atom. The lowest BCUT2D eigenvalue weighted by molar-refractivity contribution is 0.0938. The average molecular weight is 222 g/mol. The van der Waals surface area contributed by atoms with E-state index >= 15 is 0 Å². The Morgan fingerprint density at radius 3 is 2.75 bits per heavy atom. The number of nitrogens with zero attached hydrogens (tertiary/aromatic N) is 1. The lowest BCUT2D eigenvalue weighted by Gasteiger charge is -2.13. The van der Waals surface area contributed by atoms with Gasteiger partial charge in [0, 0.05) is 12.7 Å². The van der Waals surface area contributed by atoms with Crippen molar-refractivity contribution in [3.8, 4) is 5.75 Å². The minimum atomic E-state index is -0.315. The molecule has 1 heterocycles. The maximum Gasteiger partial charge on any atom is 0.273 e. The highest BCUT2D eigenvalue weighted by Gasteiger charge is 2.13. The van der Waals surface area contributed by atoms with Gasteiger partial charge in [-0.15, -0.1) is 0 Å². The van der Waals surface area contributed by atoms with Crippen LogP contribution in [0.1, 0.15) is 37.2 Å². The molecule has 0 atom stereocenters. The van der Waals surface area contributed by atoms with Gasteiger partial charge in [-0.25, -0.2) is 4.98 Å². The molecule has 4 heteroatoms. The van der Waals surface area contributed by atoms with Gasteiger partial charge in [0.15, 0.2) is 5.69 Å². The number of aromatic nitrogens is 1. The first-order valence-corrected chi connectivity index (χ1v) is 5.61. The maximum atomic E-state index is 11.7. The third kappa shape index (κ3) is 3.22. The standard InChI is InChI=1S/C12H18N2O2/c1-3-9(4-2)8-14-12(16)11-10(15)6-5-7-13-11/h5-7,9,15H,3-4,8H2,1-2H3,(H,14,16). The molecule has 0 aliphatic heterocycles. The Balaban J connectivity index is 2.56. The van der Waals surface area contributed by atoms with Crippen molar-refractivity contribution in [2.24, 2.45) is 5.92 Å². The SMILES string of the molecule is CCC(CC)CNC(=O)c1ncccc1O. The number of nitrogens with one attached hydrogen (secondary N) is 1. The van der Waals surface area contributed by atoms with Crippen LogP contribution in [0.5, 0.6) is 5.75 Å². The molecule has 0 fully saturated rings. The summed E-state index contributed by atoms with van der Waals surface area (Å²) in [5.41, 5.74) is 0.0912. The molecule has 88 valence electrons. The third-order valence-electron chi connectivity index (χ3n) is 2.71. The molecule has 0 saturated carbocycles. The smallest absolute Gasteiger partial charge is 0.273 e. The van der Waals surface area contributed by atoms with E-state index in [2.05, 4.69) is 24.1 Å². The van der Waals surface area contributed by atoms with Gasteiger partial charge in [-0.3, -0.25) is 4.79 Å². The van der Waals surface area contributed by atoms with E-state index in [0.29, 0.717) is 12.5 Å². The molecule has 0 spiro atoms. The summed E-state index contributed by atoms with van der Waals surface area (Å²) in [6, 6.07) is 3.05. The van der Waals surface area contributed by atoms with Crippen molar-refractivity contribution in [2.75, 3.05) is 6.54 Å². The molecular formula is C12H18N2O2. The van der Waals surface area contributed by atoms with Gasteiger partial charge in [-0.1, -0.05) is 26.7 Å². The largest absolute Gasteiger partial charge is 0.505 e. The van der Waals surface area contributed by atoms with E-state index < -0.39 is 0 Å². The molecule has 1 aromatic heterocycles. The van der Waals surface area contributed by atoms with Gasteiger partial charge in [0.25, 0.3) is 5.91 Å². The lowest BCUT2D eigenvalue weighted by atomic mass is 10.0. The normalized spacial score (nSPS) is 10.4. The van der Waals surface area contributed by atoms with Crippen molar-refractivity contribution in [1.29, 1.82) is 0 Å². The van der Waals surface area contributed by atoms with Crippen LogP contribution in [0.4, 0.5) is 0 Å². The second-order valence-corrected chi connectivity index (χ2v) is 3.76. The van der Waals surface area contributed by atoms with Crippen LogP contribution in [0.15, 0.2) is 18.3 Å². The number of rotatable bonds is 5. The topological polar surface area (TPSA) is 62.2 Å². The fraction of sp³-hybridized carbons (Fsp3) is 0.500. The Hall–Kier alpha value is -1.58. The zero-order chi connectivity index (χ0) is 12.0. The van der Waals surface area contributed by atoms with E-state index in [9.17, 15) is 9.90 Å². The highest BCUT2D eigenvalue weighted by atomic mass is 16.3. The second-order valence-electron chi connectivity index (χ2n) is 3.76. The van der Waals surface area contributed by atoms with Crippen molar-refractivity contribution in [1.82, 2.24) is 10.3 Å². The molecule has 0 radical (unpaired) electrons. The van der Waals surface area contributed by atoms with Crippen LogP contribution in [0.3, 0.4) is 0 Å². The first-order chi connectivity index (χ1) is 7.69. The van der Waals surface area contributed by atoms with Crippen LogP contribution < -0.4 is 5.32 Å². The average Bonchev–Trinajstić information content (AvgIpc) is 2.30. The number of hydrogen-bond acceptors (Lipinski definition) is 3. The molecule has 16 heavy (non-hydrogen) atoms. The Labute approximate surface area is 95.7 Å². The summed E-state index contributed by atoms with van der Waals surface area (Å²) in [7, 11) is 0.